The average Bonchev–Trinajstić information content (AvgIpc) is 2.52. The molecule has 1 aliphatic rings. The minimum absolute atomic E-state index is 0.272. The minimum atomic E-state index is -4.43. The normalized spacial score (nSPS) is 14.6. The van der Waals surface area contributed by atoms with Crippen LogP contribution in [0.5, 0.6) is 5.75 Å². The number of hydrogen-bond acceptors (Lipinski definition) is 2. The zero-order valence-electron chi connectivity index (χ0n) is 12.5. The molecule has 1 aliphatic heterocycles. The Balaban J connectivity index is 1.88. The third kappa shape index (κ3) is 3.11. The van der Waals surface area contributed by atoms with Gasteiger partial charge in [-0.2, -0.15) is 13.2 Å². The van der Waals surface area contributed by atoms with Crippen molar-refractivity contribution in [3.63, 3.8) is 0 Å². The molecule has 0 aliphatic carbocycles. The summed E-state index contributed by atoms with van der Waals surface area (Å²) >= 11 is 5.81. The molecule has 0 N–H and O–H groups in total. The fraction of sp³-hybridized carbons (Fsp3) is 0.294. The van der Waals surface area contributed by atoms with Crippen LogP contribution in [0.3, 0.4) is 0 Å². The molecule has 23 heavy (non-hydrogen) atoms. The van der Waals surface area contributed by atoms with Gasteiger partial charge in [0.05, 0.1) is 17.7 Å². The average molecular weight is 342 g/mol. The van der Waals surface area contributed by atoms with E-state index in [1.807, 2.05) is 23.1 Å². The van der Waals surface area contributed by atoms with Crippen molar-refractivity contribution in [3.05, 3.63) is 58.1 Å². The zero-order chi connectivity index (χ0) is 16.6. The van der Waals surface area contributed by atoms with Crippen LogP contribution >= 0.6 is 11.6 Å². The number of methoxy groups -OCH3 is 1. The summed E-state index contributed by atoms with van der Waals surface area (Å²) < 4.78 is 43.7. The molecule has 0 amide bonds. The molecule has 1 heterocycles. The highest BCUT2D eigenvalue weighted by atomic mass is 35.5. The molecule has 0 saturated heterocycles. The molecule has 0 atom stereocenters. The number of rotatable bonds is 2. The summed E-state index contributed by atoms with van der Waals surface area (Å²) in [6, 6.07) is 9.74. The first kappa shape index (κ1) is 16.0. The summed E-state index contributed by atoms with van der Waals surface area (Å²) in [5, 5.41) is -0.272. The van der Waals surface area contributed by atoms with E-state index in [2.05, 4.69) is 0 Å². The Morgan fingerprint density at radius 3 is 2.61 bits per heavy atom. The molecular weight excluding hydrogens is 327 g/mol. The summed E-state index contributed by atoms with van der Waals surface area (Å²) in [4.78, 5) is 2.02. The van der Waals surface area contributed by atoms with Crippen molar-refractivity contribution in [3.8, 4) is 5.75 Å². The van der Waals surface area contributed by atoms with Crippen LogP contribution in [-0.2, 0) is 19.1 Å². The summed E-state index contributed by atoms with van der Waals surface area (Å²) in [7, 11) is 1.64. The molecule has 0 unspecified atom stereocenters. The van der Waals surface area contributed by atoms with E-state index < -0.39 is 11.7 Å². The van der Waals surface area contributed by atoms with Crippen molar-refractivity contribution in [1.82, 2.24) is 0 Å². The topological polar surface area (TPSA) is 12.5 Å². The van der Waals surface area contributed by atoms with Gasteiger partial charge < -0.3 is 9.64 Å². The highest BCUT2D eigenvalue weighted by Gasteiger charge is 2.33. The lowest BCUT2D eigenvalue weighted by atomic mass is 9.98. The molecule has 0 radical (unpaired) electrons. The predicted molar refractivity (Wildman–Crippen MR) is 84.2 cm³/mol. The lowest BCUT2D eigenvalue weighted by Crippen LogP contribution is -2.30. The van der Waals surface area contributed by atoms with Crippen molar-refractivity contribution < 1.29 is 17.9 Å². The van der Waals surface area contributed by atoms with E-state index in [0.29, 0.717) is 18.8 Å². The molecule has 0 aromatic heterocycles. The number of anilines is 1. The van der Waals surface area contributed by atoms with Crippen LogP contribution in [-0.4, -0.2) is 13.7 Å². The number of nitrogens with zero attached hydrogens (tertiary/aromatic N) is 1. The van der Waals surface area contributed by atoms with Crippen LogP contribution < -0.4 is 9.64 Å². The summed E-state index contributed by atoms with van der Waals surface area (Å²) in [6.45, 7) is 1.32. The molecule has 122 valence electrons. The van der Waals surface area contributed by atoms with Crippen LogP contribution in [0, 0.1) is 0 Å². The Morgan fingerprint density at radius 2 is 1.96 bits per heavy atom. The Bertz CT molecular complexity index is 730. The second-order valence-electron chi connectivity index (χ2n) is 5.43. The van der Waals surface area contributed by atoms with Crippen LogP contribution in [0.2, 0.25) is 5.02 Å². The van der Waals surface area contributed by atoms with E-state index in [-0.39, 0.29) is 5.02 Å². The Labute approximate surface area is 137 Å². The molecule has 3 rings (SSSR count). The second-order valence-corrected chi connectivity index (χ2v) is 5.84. The Kier molecular flexibility index (Phi) is 4.15. The first-order valence-corrected chi connectivity index (χ1v) is 7.54. The van der Waals surface area contributed by atoms with Crippen LogP contribution in [0.25, 0.3) is 0 Å². The van der Waals surface area contributed by atoms with Gasteiger partial charge in [-0.3, -0.25) is 0 Å². The van der Waals surface area contributed by atoms with E-state index in [1.54, 1.807) is 7.11 Å². The third-order valence-electron chi connectivity index (χ3n) is 4.07. The minimum Gasteiger partial charge on any atom is -0.496 e. The molecule has 2 aromatic rings. The number of alkyl halides is 3. The Hall–Kier alpha value is -1.88. The highest BCUT2D eigenvalue weighted by molar-refractivity contribution is 6.31. The van der Waals surface area contributed by atoms with Gasteiger partial charge in [0, 0.05) is 24.3 Å². The number of ether oxygens (including phenoxy) is 1. The lowest BCUT2D eigenvalue weighted by Gasteiger charge is -2.31. The van der Waals surface area contributed by atoms with Gasteiger partial charge in [-0.05, 0) is 36.2 Å². The number of benzene rings is 2. The van der Waals surface area contributed by atoms with Gasteiger partial charge in [0.1, 0.15) is 5.75 Å². The Morgan fingerprint density at radius 1 is 1.17 bits per heavy atom. The van der Waals surface area contributed by atoms with Gasteiger partial charge in [0.15, 0.2) is 0 Å². The number of halogens is 4. The molecule has 0 fully saturated rings. The lowest BCUT2D eigenvalue weighted by molar-refractivity contribution is -0.137. The maximum Gasteiger partial charge on any atom is 0.417 e. The molecule has 2 nitrogen and oxygen atoms in total. The largest absolute Gasteiger partial charge is 0.496 e. The van der Waals surface area contributed by atoms with E-state index >= 15 is 0 Å². The summed E-state index contributed by atoms with van der Waals surface area (Å²) in [5.41, 5.74) is 2.16. The monoisotopic (exact) mass is 341 g/mol. The quantitative estimate of drug-likeness (QED) is 0.768. The SMILES string of the molecule is COc1cccc2c1CCN(c1ccc(C(F)(F)F)c(Cl)c1)C2. The van der Waals surface area contributed by atoms with Gasteiger partial charge in [0.25, 0.3) is 0 Å². The van der Waals surface area contributed by atoms with Gasteiger partial charge in [-0.25, -0.2) is 0 Å². The van der Waals surface area contributed by atoms with Crippen molar-refractivity contribution in [2.24, 2.45) is 0 Å². The molecule has 0 spiro atoms. The van der Waals surface area contributed by atoms with E-state index in [1.165, 1.54) is 12.1 Å². The van der Waals surface area contributed by atoms with Gasteiger partial charge in [0.2, 0.25) is 0 Å². The molecule has 0 bridgehead atoms. The molecule has 2 aromatic carbocycles. The van der Waals surface area contributed by atoms with Crippen molar-refractivity contribution in [2.45, 2.75) is 19.1 Å². The van der Waals surface area contributed by atoms with E-state index in [4.69, 9.17) is 16.3 Å². The van der Waals surface area contributed by atoms with Crippen LogP contribution in [0.1, 0.15) is 16.7 Å². The van der Waals surface area contributed by atoms with Crippen molar-refractivity contribution in [2.75, 3.05) is 18.6 Å². The van der Waals surface area contributed by atoms with E-state index in [0.717, 1.165) is 29.4 Å². The standard InChI is InChI=1S/C17H15ClF3NO/c1-23-16-4-2-3-11-10-22(8-7-13(11)16)12-5-6-14(15(18)9-12)17(19,20)21/h2-6,9H,7-8,10H2,1H3. The maximum absolute atomic E-state index is 12.8. The summed E-state index contributed by atoms with van der Waals surface area (Å²) in [6.07, 6.45) is -3.66. The first-order valence-electron chi connectivity index (χ1n) is 7.16. The fourth-order valence-electron chi connectivity index (χ4n) is 2.92. The number of fused-ring (bicyclic) bond motifs is 1. The van der Waals surface area contributed by atoms with Crippen molar-refractivity contribution in [1.29, 1.82) is 0 Å². The van der Waals surface area contributed by atoms with Gasteiger partial charge in [-0.1, -0.05) is 23.7 Å². The van der Waals surface area contributed by atoms with Crippen LogP contribution in [0.15, 0.2) is 36.4 Å². The fourth-order valence-corrected chi connectivity index (χ4v) is 3.20. The van der Waals surface area contributed by atoms with Gasteiger partial charge in [-0.15, -0.1) is 0 Å². The van der Waals surface area contributed by atoms with E-state index in [9.17, 15) is 13.2 Å². The second kappa shape index (κ2) is 5.96. The first-order chi connectivity index (χ1) is 10.9. The smallest absolute Gasteiger partial charge is 0.417 e. The highest BCUT2D eigenvalue weighted by Crippen LogP contribution is 2.37. The van der Waals surface area contributed by atoms with Crippen LogP contribution in [0.4, 0.5) is 18.9 Å². The zero-order valence-corrected chi connectivity index (χ0v) is 13.2. The van der Waals surface area contributed by atoms with Gasteiger partial charge >= 0.3 is 6.18 Å². The molecule has 6 heteroatoms. The maximum atomic E-state index is 12.8. The summed E-state index contributed by atoms with van der Waals surface area (Å²) in [5.74, 6) is 0.854. The molecular formula is C17H15ClF3NO. The third-order valence-corrected chi connectivity index (χ3v) is 4.38. The number of hydrogen-bond donors (Lipinski definition) is 0. The predicted octanol–water partition coefficient (Wildman–Crippen LogP) is 4.93. The van der Waals surface area contributed by atoms with Crippen molar-refractivity contribution >= 4 is 17.3 Å². The molecule has 0 saturated carbocycles.